The Balaban J connectivity index is 3.62. The van der Waals surface area contributed by atoms with Crippen molar-refractivity contribution in [2.24, 2.45) is 5.73 Å². The molecule has 0 heterocycles. The zero-order valence-electron chi connectivity index (χ0n) is 9.64. The van der Waals surface area contributed by atoms with Gasteiger partial charge in [-0.15, -0.1) is 0 Å². The lowest BCUT2D eigenvalue weighted by Gasteiger charge is -2.01. The first-order chi connectivity index (χ1) is 9.27. The van der Waals surface area contributed by atoms with E-state index < -0.39 is 44.0 Å². The van der Waals surface area contributed by atoms with Crippen LogP contribution in [-0.2, 0) is 4.79 Å². The maximum atomic E-state index is 10.9. The van der Waals surface area contributed by atoms with Gasteiger partial charge in [0.1, 0.15) is 11.6 Å². The molecule has 0 aromatic heterocycles. The van der Waals surface area contributed by atoms with E-state index in [0.717, 1.165) is 12.1 Å². The SMILES string of the molecule is N#C/C(=C/c1cc([N+](=O)[O-])cc([N+](=O)[O-])c1O)C(N)=O. The molecule has 0 aliphatic rings. The molecule has 0 saturated heterocycles. The van der Waals surface area contributed by atoms with Gasteiger partial charge in [-0.25, -0.2) is 0 Å². The number of phenols is 1. The molecule has 0 aliphatic carbocycles. The second kappa shape index (κ2) is 5.44. The molecule has 20 heavy (non-hydrogen) atoms. The van der Waals surface area contributed by atoms with Gasteiger partial charge < -0.3 is 10.8 Å². The summed E-state index contributed by atoms with van der Waals surface area (Å²) in [6.45, 7) is 0. The Bertz CT molecular complexity index is 688. The normalized spacial score (nSPS) is 10.7. The summed E-state index contributed by atoms with van der Waals surface area (Å²) in [4.78, 5) is 30.3. The fourth-order valence-electron chi connectivity index (χ4n) is 1.29. The molecule has 0 bridgehead atoms. The number of rotatable bonds is 4. The molecule has 10 heteroatoms. The van der Waals surface area contributed by atoms with Gasteiger partial charge in [0.15, 0.2) is 0 Å². The Kier molecular flexibility index (Phi) is 3.97. The third-order valence-corrected chi connectivity index (χ3v) is 2.20. The topological polar surface area (TPSA) is 173 Å². The van der Waals surface area contributed by atoms with Crippen LogP contribution >= 0.6 is 0 Å². The Morgan fingerprint density at radius 3 is 2.35 bits per heavy atom. The van der Waals surface area contributed by atoms with Gasteiger partial charge in [0.2, 0.25) is 5.75 Å². The van der Waals surface area contributed by atoms with Gasteiger partial charge in [0, 0.05) is 11.6 Å². The standard InChI is InChI=1S/C10H6N4O6/c11-4-6(10(12)16)1-5-2-7(13(17)18)3-8(9(5)15)14(19)20/h1-3,15H,(H2,12,16)/b6-1-. The molecular formula is C10H6N4O6. The van der Waals surface area contributed by atoms with Crippen LogP contribution in [0.3, 0.4) is 0 Å². The summed E-state index contributed by atoms with van der Waals surface area (Å²) in [6, 6.07) is 2.75. The number of nitro benzene ring substituents is 2. The highest BCUT2D eigenvalue weighted by Crippen LogP contribution is 2.35. The number of nitro groups is 2. The molecule has 1 aromatic rings. The molecule has 0 unspecified atom stereocenters. The lowest BCUT2D eigenvalue weighted by Crippen LogP contribution is -2.12. The van der Waals surface area contributed by atoms with E-state index in [-0.39, 0.29) is 0 Å². The van der Waals surface area contributed by atoms with Gasteiger partial charge in [0.25, 0.3) is 11.6 Å². The minimum absolute atomic E-state index is 0.429. The van der Waals surface area contributed by atoms with E-state index >= 15 is 0 Å². The highest BCUT2D eigenvalue weighted by Gasteiger charge is 2.23. The van der Waals surface area contributed by atoms with Crippen molar-refractivity contribution >= 4 is 23.4 Å². The first-order valence-electron chi connectivity index (χ1n) is 4.85. The van der Waals surface area contributed by atoms with Crippen LogP contribution in [0.5, 0.6) is 5.75 Å². The number of nitriles is 1. The van der Waals surface area contributed by atoms with Crippen molar-refractivity contribution in [3.63, 3.8) is 0 Å². The maximum Gasteiger partial charge on any atom is 0.318 e. The minimum Gasteiger partial charge on any atom is -0.502 e. The summed E-state index contributed by atoms with van der Waals surface area (Å²) in [5.41, 5.74) is 2.21. The number of hydrogen-bond acceptors (Lipinski definition) is 7. The van der Waals surface area contributed by atoms with E-state index in [9.17, 15) is 30.1 Å². The van der Waals surface area contributed by atoms with Gasteiger partial charge >= 0.3 is 5.69 Å². The predicted octanol–water partition coefficient (Wildman–Crippen LogP) is 0.601. The molecule has 0 aliphatic heterocycles. The highest BCUT2D eigenvalue weighted by atomic mass is 16.6. The number of hydrogen-bond donors (Lipinski definition) is 2. The van der Waals surface area contributed by atoms with Crippen LogP contribution in [0.25, 0.3) is 6.08 Å². The van der Waals surface area contributed by atoms with Crippen molar-refractivity contribution in [1.29, 1.82) is 5.26 Å². The van der Waals surface area contributed by atoms with Crippen LogP contribution in [0, 0.1) is 31.6 Å². The Morgan fingerprint density at radius 1 is 1.35 bits per heavy atom. The largest absolute Gasteiger partial charge is 0.502 e. The average Bonchev–Trinajstić information content (AvgIpc) is 2.36. The van der Waals surface area contributed by atoms with Gasteiger partial charge in [-0.3, -0.25) is 25.0 Å². The molecule has 1 aromatic carbocycles. The Labute approximate surface area is 110 Å². The number of amides is 1. The van der Waals surface area contributed by atoms with Crippen molar-refractivity contribution in [1.82, 2.24) is 0 Å². The third kappa shape index (κ3) is 2.85. The number of nitrogens with zero attached hydrogens (tertiary/aromatic N) is 3. The first-order valence-corrected chi connectivity index (χ1v) is 4.85. The first kappa shape index (κ1) is 14.6. The lowest BCUT2D eigenvalue weighted by atomic mass is 10.1. The lowest BCUT2D eigenvalue weighted by molar-refractivity contribution is -0.394. The monoisotopic (exact) mass is 278 g/mol. The zero-order valence-corrected chi connectivity index (χ0v) is 9.64. The van der Waals surface area contributed by atoms with Gasteiger partial charge in [-0.1, -0.05) is 0 Å². The molecule has 1 rings (SSSR count). The highest BCUT2D eigenvalue weighted by molar-refractivity contribution is 6.01. The van der Waals surface area contributed by atoms with Crippen LogP contribution in [0.4, 0.5) is 11.4 Å². The second-order valence-corrected chi connectivity index (χ2v) is 3.45. The number of benzene rings is 1. The number of aromatic hydroxyl groups is 1. The molecule has 102 valence electrons. The summed E-state index contributed by atoms with van der Waals surface area (Å²) in [6.07, 6.45) is 0.734. The average molecular weight is 278 g/mol. The predicted molar refractivity (Wildman–Crippen MR) is 64.2 cm³/mol. The fraction of sp³-hybridized carbons (Fsp3) is 0. The van der Waals surface area contributed by atoms with Gasteiger partial charge in [-0.05, 0) is 6.08 Å². The third-order valence-electron chi connectivity index (χ3n) is 2.20. The summed E-state index contributed by atoms with van der Waals surface area (Å²) in [7, 11) is 0. The quantitative estimate of drug-likeness (QED) is 0.350. The van der Waals surface area contributed by atoms with E-state index in [1.165, 1.54) is 6.07 Å². The van der Waals surface area contributed by atoms with Crippen LogP contribution in [0.2, 0.25) is 0 Å². The van der Waals surface area contributed by atoms with E-state index in [0.29, 0.717) is 6.07 Å². The Hall–Kier alpha value is -3.48. The summed E-state index contributed by atoms with van der Waals surface area (Å²) in [5, 5.41) is 39.6. The molecule has 0 atom stereocenters. The van der Waals surface area contributed by atoms with Crippen molar-refractivity contribution in [2.75, 3.05) is 0 Å². The van der Waals surface area contributed by atoms with Crippen molar-refractivity contribution in [3.05, 3.63) is 43.5 Å². The molecule has 0 radical (unpaired) electrons. The zero-order chi connectivity index (χ0) is 15.4. The summed E-state index contributed by atoms with van der Waals surface area (Å²) < 4.78 is 0. The van der Waals surface area contributed by atoms with Crippen LogP contribution in [-0.4, -0.2) is 20.9 Å². The molecule has 1 amide bonds. The van der Waals surface area contributed by atoms with Gasteiger partial charge in [-0.2, -0.15) is 5.26 Å². The number of carbonyl (C=O) groups excluding carboxylic acids is 1. The maximum absolute atomic E-state index is 10.9. The fourth-order valence-corrected chi connectivity index (χ4v) is 1.29. The molecule has 3 N–H and O–H groups in total. The number of carbonyl (C=O) groups is 1. The number of non-ortho nitro benzene ring substituents is 1. The molecule has 0 fully saturated rings. The molecule has 0 saturated carbocycles. The molecule has 0 spiro atoms. The van der Waals surface area contributed by atoms with E-state index in [1.54, 1.807) is 0 Å². The number of nitrogens with two attached hydrogens (primary N) is 1. The van der Waals surface area contributed by atoms with Crippen molar-refractivity contribution < 1.29 is 19.7 Å². The van der Waals surface area contributed by atoms with Crippen LogP contribution < -0.4 is 5.73 Å². The number of primary amides is 1. The molecular weight excluding hydrogens is 272 g/mol. The van der Waals surface area contributed by atoms with Crippen LogP contribution in [0.1, 0.15) is 5.56 Å². The van der Waals surface area contributed by atoms with Gasteiger partial charge in [0.05, 0.1) is 15.9 Å². The number of phenolic OH excluding ortho intramolecular Hbond substituents is 1. The minimum atomic E-state index is -1.14. The van der Waals surface area contributed by atoms with E-state index in [4.69, 9.17) is 11.0 Å². The van der Waals surface area contributed by atoms with Crippen molar-refractivity contribution in [2.45, 2.75) is 0 Å². The smallest absolute Gasteiger partial charge is 0.318 e. The summed E-state index contributed by atoms with van der Waals surface area (Å²) in [5.74, 6) is -2.05. The van der Waals surface area contributed by atoms with E-state index in [1.807, 2.05) is 0 Å². The van der Waals surface area contributed by atoms with Crippen molar-refractivity contribution in [3.8, 4) is 11.8 Å². The Morgan fingerprint density at radius 2 is 1.95 bits per heavy atom. The second-order valence-electron chi connectivity index (χ2n) is 3.45. The van der Waals surface area contributed by atoms with E-state index in [2.05, 4.69) is 0 Å². The molecule has 10 nitrogen and oxygen atoms in total. The van der Waals surface area contributed by atoms with Crippen LogP contribution in [0.15, 0.2) is 17.7 Å². The summed E-state index contributed by atoms with van der Waals surface area (Å²) >= 11 is 0.